The average Bonchev–Trinajstić information content (AvgIpc) is 1.42. The molecule has 6 aliphatic rings. The van der Waals surface area contributed by atoms with E-state index in [1.165, 1.54) is 23.6 Å². The Balaban J connectivity index is 0.000000163. The first-order valence-electron chi connectivity index (χ1n) is 30.8. The topological polar surface area (TPSA) is 72.8 Å². The molecule has 12 heteroatoms. The molecule has 422 valence electrons. The van der Waals surface area contributed by atoms with Gasteiger partial charge in [-0.3, -0.25) is 9.59 Å². The lowest BCUT2D eigenvalue weighted by atomic mass is 9.76. The molecule has 4 unspecified atom stereocenters. The van der Waals surface area contributed by atoms with E-state index in [1.54, 1.807) is 170 Å². The minimum Gasteiger partial charge on any atom is -0.469 e. The van der Waals surface area contributed by atoms with Crippen molar-refractivity contribution in [2.75, 3.05) is 20.7 Å². The van der Waals surface area contributed by atoms with E-state index >= 15 is 0 Å². The zero-order chi connectivity index (χ0) is 59.1. The molecule has 14 aromatic carbocycles. The van der Waals surface area contributed by atoms with Gasteiger partial charge in [-0.25, -0.2) is 0 Å². The predicted molar refractivity (Wildman–Crippen MR) is 344 cm³/mol. The number of hydrogen-bond acceptors (Lipinski definition) is 5. The van der Waals surface area contributed by atoms with Crippen molar-refractivity contribution < 1.29 is 41.4 Å². The minimum absolute atomic E-state index is 0.0139. The molecule has 20 rings (SSSR count). The van der Waals surface area contributed by atoms with Gasteiger partial charge in [0.2, 0.25) is 1.43 Å². The highest BCUT2D eigenvalue weighted by atomic mass is 32.2. The molecule has 85 heavy (non-hydrogen) atoms. The van der Waals surface area contributed by atoms with Crippen molar-refractivity contribution in [2.24, 2.45) is 0 Å². The third-order valence-corrected chi connectivity index (χ3v) is 25.1. The Morgan fingerprint density at radius 1 is 0.588 bits per heavy atom. The number of rotatable bonds is 14. The van der Waals surface area contributed by atoms with E-state index in [2.05, 4.69) is 132 Å². The van der Waals surface area contributed by atoms with E-state index in [1.807, 2.05) is 0 Å². The Morgan fingerprint density at radius 3 is 1.52 bits per heavy atom. The van der Waals surface area contributed by atoms with Crippen LogP contribution in [0.5, 0.6) is 0 Å². The van der Waals surface area contributed by atoms with E-state index in [0.29, 0.717) is 45.4 Å². The largest absolute Gasteiger partial charge is 0.673 e. The second kappa shape index (κ2) is 17.5. The van der Waals surface area contributed by atoms with Crippen LogP contribution in [-0.2, 0) is 66.5 Å². The van der Waals surface area contributed by atoms with Gasteiger partial charge in [0.15, 0.2) is 0 Å². The molecular weight excluding hydrogens is 1090 g/mol. The Labute approximate surface area is 494 Å². The fourth-order valence-electron chi connectivity index (χ4n) is 19.9. The van der Waals surface area contributed by atoms with Gasteiger partial charge < -0.3 is 31.8 Å². The Kier molecular flexibility index (Phi) is 10.5. The highest BCUT2D eigenvalue weighted by Crippen LogP contribution is 2.85. The number of carbonyl (C=O) groups is 2. The van der Waals surface area contributed by atoms with Crippen LogP contribution in [0.4, 0.5) is 17.3 Å². The van der Waals surface area contributed by atoms with Crippen molar-refractivity contribution in [3.63, 3.8) is 0 Å². The molecule has 4 atom stereocenters. The number of carbonyl (C=O) groups excluding carboxylic acids is 2. The lowest BCUT2D eigenvalue weighted by molar-refractivity contribution is -0.141. The normalized spacial score (nSPS) is 19.7. The van der Waals surface area contributed by atoms with Crippen LogP contribution in [0.1, 0.15) is 139 Å². The fraction of sp³-hybridized carbons (Fsp3) is 0.315. The number of halogens is 4. The lowest BCUT2D eigenvalue weighted by Gasteiger charge is -2.26. The molecule has 5 nitrogen and oxygen atoms in total. The van der Waals surface area contributed by atoms with Crippen LogP contribution < -0.4 is 0 Å². The molecule has 0 aliphatic heterocycles. The quantitative estimate of drug-likeness (QED) is 0.0293. The molecule has 0 heterocycles. The molecule has 1 spiro atoms. The van der Waals surface area contributed by atoms with Crippen molar-refractivity contribution >= 4 is 156 Å². The molecule has 0 aromatic heterocycles. The highest BCUT2D eigenvalue weighted by molar-refractivity contribution is 7.98. The first-order valence-corrected chi connectivity index (χ1v) is 31.8. The molecular formula is C73H60B2F4O5S. The molecule has 0 amide bonds. The van der Waals surface area contributed by atoms with Crippen molar-refractivity contribution in [1.29, 1.82) is 1.43 Å². The van der Waals surface area contributed by atoms with Gasteiger partial charge in [-0.2, -0.15) is 0 Å². The van der Waals surface area contributed by atoms with Gasteiger partial charge in [0.05, 0.1) is 14.2 Å². The van der Waals surface area contributed by atoms with Crippen LogP contribution in [-0.4, -0.2) is 64.8 Å². The van der Waals surface area contributed by atoms with Crippen LogP contribution in [0.25, 0.3) is 118 Å². The minimum atomic E-state index is -6.00. The number of benzene rings is 12. The maximum Gasteiger partial charge on any atom is 0.673 e. The number of hydrogen-bond donors (Lipinski definition) is 1. The summed E-state index contributed by atoms with van der Waals surface area (Å²) < 4.78 is 54.8. The van der Waals surface area contributed by atoms with Crippen molar-refractivity contribution in [3.8, 4) is 0 Å². The van der Waals surface area contributed by atoms with Crippen LogP contribution in [0.2, 0.25) is 0 Å². The summed E-state index contributed by atoms with van der Waals surface area (Å²) in [7, 11) is 1.94. The number of esters is 2. The standard InChI is InChI=1S/C54H28O2.C18H29O2S.CH3BO.BF4/c1-56-29(55)8-5-9-53(27-6-3-2-4-7-27)52-28-17-25-15-22-11-19-10-20-12-23-13-21-14-24-16-26-18-54(52,53)51-37(26)42-34(24)32(21)41-36(23)40-31(20)30(19)39-33(22)35(25)43-38(28)50(51)49-47(42)46(41)45(40)44(39)48(43)49;1-14(2)21(15(3)4)17(12-9-13-18(19)20-5)16-10-7-6-8-11-16;2-1-3;2-1(3,4)5/h2-4,6-7,11-13,16-17,52H,5,8-10,14-15,18H2,1H3;6-8,10-11,14-15,17H,9,12-13H2,1-5H3;3H,1H2;/q;+1;;-1/i;;3D;. The van der Waals surface area contributed by atoms with E-state index < -0.39 is 7.25 Å². The molecule has 0 saturated heterocycles. The van der Waals surface area contributed by atoms with Gasteiger partial charge in [0.1, 0.15) is 23.6 Å². The van der Waals surface area contributed by atoms with E-state index in [0.717, 1.165) is 51.4 Å². The smallest absolute Gasteiger partial charge is 0.469 e. The summed E-state index contributed by atoms with van der Waals surface area (Å²) in [6, 6.07) is 35.7. The van der Waals surface area contributed by atoms with Crippen LogP contribution >= 0.6 is 0 Å². The van der Waals surface area contributed by atoms with Gasteiger partial charge >= 0.3 is 19.2 Å². The Morgan fingerprint density at radius 2 is 1.01 bits per heavy atom. The van der Waals surface area contributed by atoms with E-state index in [4.69, 9.17) is 10.9 Å². The molecule has 1 fully saturated rings. The summed E-state index contributed by atoms with van der Waals surface area (Å²) in [6.45, 7) is 9.26. The number of aliphatic hydroxyl groups excluding tert-OH is 1. The van der Waals surface area contributed by atoms with Crippen LogP contribution in [0.15, 0.2) is 91.0 Å². The van der Waals surface area contributed by atoms with Gasteiger partial charge in [-0.1, -0.05) is 91.0 Å². The van der Waals surface area contributed by atoms with Crippen molar-refractivity contribution in [3.05, 3.63) is 152 Å². The third kappa shape index (κ3) is 6.28. The number of fused-ring (bicyclic) bond motifs is 1. The summed E-state index contributed by atoms with van der Waals surface area (Å²) in [4.78, 5) is 24.1. The number of aliphatic hydroxyl groups is 1. The molecule has 0 bridgehead atoms. The second-order valence-electron chi connectivity index (χ2n) is 26.0. The average molecular weight is 1150 g/mol. The molecule has 14 aromatic rings. The van der Waals surface area contributed by atoms with Crippen molar-refractivity contribution in [2.45, 2.75) is 124 Å². The van der Waals surface area contributed by atoms with E-state index in [-0.39, 0.29) is 29.3 Å². The van der Waals surface area contributed by atoms with Gasteiger partial charge in [0.25, 0.3) is 0 Å². The van der Waals surface area contributed by atoms with Crippen molar-refractivity contribution in [1.82, 2.24) is 0 Å². The third-order valence-electron chi connectivity index (χ3n) is 21.7. The highest BCUT2D eigenvalue weighted by Gasteiger charge is 2.80. The Hall–Kier alpha value is -7.14. The zero-order valence-electron chi connectivity index (χ0n) is 49.4. The van der Waals surface area contributed by atoms with Crippen LogP contribution in [0, 0.1) is 0 Å². The van der Waals surface area contributed by atoms with Crippen LogP contribution in [0.3, 0.4) is 0 Å². The van der Waals surface area contributed by atoms with Gasteiger partial charge in [0, 0.05) is 41.7 Å². The molecule has 1 saturated carbocycles. The maximum atomic E-state index is 12.8. The van der Waals surface area contributed by atoms with Gasteiger partial charge in [-0.15, -0.1) is 0 Å². The SMILES string of the molecule is COC(=O)CCCC(c1ccccc1)[S+](C(C)C)C(C)C.COC(=O)CCCC1(c2ccccc2)C2c3cc4c5c6c(cc7c8c9c(cc%10cc%11c%12c%13c(cc%14c%15c(c%16c3c5c3c%16c(c%15%13)c5c%12c%10c9c5c3c68)C21C%14)C%11)C7)C4.F[B-](F)(F)F.[2H]OC[B]. The fourth-order valence-corrected chi connectivity index (χ4v) is 23.2. The second-order valence-corrected chi connectivity index (χ2v) is 29.2. The maximum absolute atomic E-state index is 12.8. The predicted octanol–water partition coefficient (Wildman–Crippen LogP) is 17.2. The summed E-state index contributed by atoms with van der Waals surface area (Å²) >= 11 is 0. The summed E-state index contributed by atoms with van der Waals surface area (Å²) in [6.07, 6.45) is 8.98. The first kappa shape index (κ1) is 51.1. The summed E-state index contributed by atoms with van der Waals surface area (Å²) in [5, 5.41) is 40.4. The van der Waals surface area contributed by atoms with Gasteiger partial charge in [-0.05, 0) is 264 Å². The Bertz CT molecular complexity index is 5130. The molecule has 6 aliphatic carbocycles. The van der Waals surface area contributed by atoms with E-state index in [9.17, 15) is 26.9 Å². The zero-order valence-corrected chi connectivity index (χ0v) is 49.2. The summed E-state index contributed by atoms with van der Waals surface area (Å²) in [5.74, 6) is 0.179. The monoisotopic (exact) mass is 1150 g/mol. The number of methoxy groups -OCH3 is 2. The molecule has 2 radical (unpaired) electrons. The first-order chi connectivity index (χ1) is 41.5. The lowest BCUT2D eigenvalue weighted by Crippen LogP contribution is -2.30. The summed E-state index contributed by atoms with van der Waals surface area (Å²) in [5.41, 5.74) is 17.0. The molecule has 1 N–H and O–H groups in total. The number of ether oxygens (including phenoxy) is 2.